The number of nitro groups is 1. The van der Waals surface area contributed by atoms with E-state index in [9.17, 15) is 14.9 Å². The van der Waals surface area contributed by atoms with Crippen LogP contribution in [0.4, 0.5) is 11.4 Å². The van der Waals surface area contributed by atoms with Crippen molar-refractivity contribution in [1.82, 2.24) is 9.78 Å². The van der Waals surface area contributed by atoms with Crippen LogP contribution in [0.2, 0.25) is 0 Å². The minimum absolute atomic E-state index is 0.0329. The van der Waals surface area contributed by atoms with Crippen molar-refractivity contribution in [1.29, 1.82) is 0 Å². The minimum atomic E-state index is -0.475. The molecule has 110 valence electrons. The molecule has 0 saturated heterocycles. The molecule has 2 rings (SSSR count). The molecular weight excluding hydrogens is 272 g/mol. The number of hydrogen-bond donors (Lipinski definition) is 1. The van der Waals surface area contributed by atoms with Gasteiger partial charge in [-0.3, -0.25) is 14.9 Å². The van der Waals surface area contributed by atoms with Gasteiger partial charge in [-0.1, -0.05) is 26.0 Å². The van der Waals surface area contributed by atoms with E-state index in [0.29, 0.717) is 17.8 Å². The van der Waals surface area contributed by atoms with Gasteiger partial charge in [0.25, 0.3) is 11.2 Å². The fourth-order valence-electron chi connectivity index (χ4n) is 1.95. The number of anilines is 1. The summed E-state index contributed by atoms with van der Waals surface area (Å²) in [4.78, 5) is 22.3. The van der Waals surface area contributed by atoms with Crippen LogP contribution in [0.3, 0.4) is 0 Å². The second kappa shape index (κ2) is 5.74. The largest absolute Gasteiger partial charge is 0.394 e. The standard InChI is InChI=1S/C14H16N4O3/c1-9(2)8-17-14(19)12(15)7-13(16-17)10-4-3-5-11(6-10)18(20)21/h3-7,9H,8,15H2,1-2H3. The number of nitrogens with zero attached hydrogens (tertiary/aromatic N) is 3. The van der Waals surface area contributed by atoms with Gasteiger partial charge in [-0.2, -0.15) is 5.10 Å². The van der Waals surface area contributed by atoms with Gasteiger partial charge in [-0.25, -0.2) is 4.68 Å². The van der Waals surface area contributed by atoms with Crippen molar-refractivity contribution in [2.75, 3.05) is 5.73 Å². The van der Waals surface area contributed by atoms with Crippen LogP contribution in [0.5, 0.6) is 0 Å². The number of non-ortho nitro benzene ring substituents is 1. The van der Waals surface area contributed by atoms with Gasteiger partial charge in [-0.05, 0) is 12.0 Å². The highest BCUT2D eigenvalue weighted by Crippen LogP contribution is 2.22. The number of nitrogen functional groups attached to an aromatic ring is 1. The average Bonchev–Trinajstić information content (AvgIpc) is 2.43. The zero-order valence-corrected chi connectivity index (χ0v) is 11.8. The molecule has 0 atom stereocenters. The smallest absolute Gasteiger partial charge is 0.289 e. The predicted molar refractivity (Wildman–Crippen MR) is 79.8 cm³/mol. The maximum atomic E-state index is 11.9. The first-order valence-electron chi connectivity index (χ1n) is 6.51. The summed E-state index contributed by atoms with van der Waals surface area (Å²) >= 11 is 0. The van der Waals surface area contributed by atoms with E-state index in [-0.39, 0.29) is 22.9 Å². The van der Waals surface area contributed by atoms with E-state index in [1.807, 2.05) is 13.8 Å². The monoisotopic (exact) mass is 288 g/mol. The second-order valence-corrected chi connectivity index (χ2v) is 5.17. The maximum Gasteiger partial charge on any atom is 0.289 e. The number of hydrogen-bond acceptors (Lipinski definition) is 5. The number of nitro benzene ring substituents is 1. The van der Waals surface area contributed by atoms with Crippen LogP contribution in [0.25, 0.3) is 11.3 Å². The van der Waals surface area contributed by atoms with E-state index >= 15 is 0 Å². The third-order valence-corrected chi connectivity index (χ3v) is 2.89. The molecule has 0 fully saturated rings. The highest BCUT2D eigenvalue weighted by Gasteiger charge is 2.12. The molecule has 1 aromatic carbocycles. The Hall–Kier alpha value is -2.70. The molecule has 0 radical (unpaired) electrons. The molecule has 0 amide bonds. The van der Waals surface area contributed by atoms with Crippen molar-refractivity contribution in [2.24, 2.45) is 5.92 Å². The van der Waals surface area contributed by atoms with Gasteiger partial charge >= 0.3 is 0 Å². The van der Waals surface area contributed by atoms with Crippen molar-refractivity contribution in [2.45, 2.75) is 20.4 Å². The van der Waals surface area contributed by atoms with Gasteiger partial charge in [0.2, 0.25) is 0 Å². The van der Waals surface area contributed by atoms with Gasteiger partial charge in [0.15, 0.2) is 0 Å². The summed E-state index contributed by atoms with van der Waals surface area (Å²) in [6.45, 7) is 4.36. The summed E-state index contributed by atoms with van der Waals surface area (Å²) in [5, 5.41) is 15.1. The fraction of sp³-hybridized carbons (Fsp3) is 0.286. The highest BCUT2D eigenvalue weighted by molar-refractivity contribution is 5.64. The molecule has 0 spiro atoms. The molecule has 7 heteroatoms. The predicted octanol–water partition coefficient (Wildman–Crippen LogP) is 2.06. The molecule has 0 aliphatic rings. The Balaban J connectivity index is 2.54. The van der Waals surface area contributed by atoms with E-state index < -0.39 is 4.92 Å². The van der Waals surface area contributed by atoms with E-state index in [1.165, 1.54) is 22.9 Å². The Labute approximate surface area is 121 Å². The minimum Gasteiger partial charge on any atom is -0.394 e. The highest BCUT2D eigenvalue weighted by atomic mass is 16.6. The Kier molecular flexibility index (Phi) is 4.02. The van der Waals surface area contributed by atoms with Crippen LogP contribution >= 0.6 is 0 Å². The van der Waals surface area contributed by atoms with Crippen molar-refractivity contribution in [3.05, 3.63) is 50.8 Å². The van der Waals surface area contributed by atoms with Crippen LogP contribution in [-0.2, 0) is 6.54 Å². The van der Waals surface area contributed by atoms with Crippen molar-refractivity contribution >= 4 is 11.4 Å². The lowest BCUT2D eigenvalue weighted by atomic mass is 10.1. The summed E-state index contributed by atoms with van der Waals surface area (Å²) in [5.74, 6) is 0.231. The molecule has 0 unspecified atom stereocenters. The number of rotatable bonds is 4. The topological polar surface area (TPSA) is 104 Å². The van der Waals surface area contributed by atoms with Gasteiger partial charge in [0.05, 0.1) is 10.6 Å². The van der Waals surface area contributed by atoms with Crippen molar-refractivity contribution in [3.63, 3.8) is 0 Å². The lowest BCUT2D eigenvalue weighted by molar-refractivity contribution is -0.384. The number of benzene rings is 1. The van der Waals surface area contributed by atoms with E-state index in [1.54, 1.807) is 12.1 Å². The van der Waals surface area contributed by atoms with Crippen molar-refractivity contribution < 1.29 is 4.92 Å². The van der Waals surface area contributed by atoms with Crippen LogP contribution in [0.1, 0.15) is 13.8 Å². The molecule has 0 aliphatic carbocycles. The molecule has 7 nitrogen and oxygen atoms in total. The SMILES string of the molecule is CC(C)Cn1nc(-c2cccc([N+](=O)[O-])c2)cc(N)c1=O. The van der Waals surface area contributed by atoms with Gasteiger partial charge in [0, 0.05) is 24.2 Å². The first kappa shape index (κ1) is 14.7. The molecule has 1 heterocycles. The third-order valence-electron chi connectivity index (χ3n) is 2.89. The summed E-state index contributed by atoms with van der Waals surface area (Å²) in [7, 11) is 0. The lowest BCUT2D eigenvalue weighted by Crippen LogP contribution is -2.27. The molecule has 2 N–H and O–H groups in total. The van der Waals surface area contributed by atoms with Gasteiger partial charge in [-0.15, -0.1) is 0 Å². The lowest BCUT2D eigenvalue weighted by Gasteiger charge is -2.10. The zero-order valence-electron chi connectivity index (χ0n) is 11.8. The summed E-state index contributed by atoms with van der Waals surface area (Å²) in [5.41, 5.74) is 6.41. The molecular formula is C14H16N4O3. The zero-order chi connectivity index (χ0) is 15.6. The Bertz CT molecular complexity index is 737. The van der Waals surface area contributed by atoms with Crippen LogP contribution in [0, 0.1) is 16.0 Å². The third kappa shape index (κ3) is 3.25. The van der Waals surface area contributed by atoms with Crippen LogP contribution < -0.4 is 11.3 Å². The van der Waals surface area contributed by atoms with Crippen molar-refractivity contribution in [3.8, 4) is 11.3 Å². The van der Waals surface area contributed by atoms with Gasteiger partial charge < -0.3 is 5.73 Å². The van der Waals surface area contributed by atoms with E-state index in [0.717, 1.165) is 0 Å². The first-order valence-corrected chi connectivity index (χ1v) is 6.51. The average molecular weight is 288 g/mol. The first-order chi connectivity index (χ1) is 9.88. The van der Waals surface area contributed by atoms with Crippen LogP contribution in [0.15, 0.2) is 35.1 Å². The van der Waals surface area contributed by atoms with E-state index in [2.05, 4.69) is 5.10 Å². The molecule has 1 aromatic heterocycles. The second-order valence-electron chi connectivity index (χ2n) is 5.17. The molecule has 2 aromatic rings. The molecule has 0 saturated carbocycles. The normalized spacial score (nSPS) is 10.8. The molecule has 21 heavy (non-hydrogen) atoms. The molecule has 0 aliphatic heterocycles. The van der Waals surface area contributed by atoms with Gasteiger partial charge in [0.1, 0.15) is 5.69 Å². The van der Waals surface area contributed by atoms with Crippen LogP contribution in [-0.4, -0.2) is 14.7 Å². The maximum absolute atomic E-state index is 11.9. The quantitative estimate of drug-likeness (QED) is 0.685. The summed E-state index contributed by atoms with van der Waals surface area (Å²) in [6, 6.07) is 7.52. The summed E-state index contributed by atoms with van der Waals surface area (Å²) < 4.78 is 1.30. The Morgan fingerprint density at radius 1 is 1.38 bits per heavy atom. The van der Waals surface area contributed by atoms with E-state index in [4.69, 9.17) is 5.73 Å². The molecule has 0 bridgehead atoms. The fourth-order valence-corrected chi connectivity index (χ4v) is 1.95. The Morgan fingerprint density at radius 2 is 2.10 bits per heavy atom. The Morgan fingerprint density at radius 3 is 2.71 bits per heavy atom. The summed E-state index contributed by atoms with van der Waals surface area (Å²) in [6.07, 6.45) is 0. The number of aromatic nitrogens is 2. The number of nitrogens with two attached hydrogens (primary N) is 1.